The topological polar surface area (TPSA) is 64.7 Å². The Labute approximate surface area is 145 Å². The molecule has 0 saturated carbocycles. The smallest absolute Gasteiger partial charge is 0.230 e. The molecule has 0 aromatic rings. The molecule has 0 spiro atoms. The van der Waals surface area contributed by atoms with Gasteiger partial charge in [-0.1, -0.05) is 20.8 Å². The van der Waals surface area contributed by atoms with Gasteiger partial charge >= 0.3 is 0 Å². The van der Waals surface area contributed by atoms with E-state index < -0.39 is 0 Å². The summed E-state index contributed by atoms with van der Waals surface area (Å²) in [6, 6.07) is 0. The van der Waals surface area contributed by atoms with Gasteiger partial charge in [-0.15, -0.1) is 0 Å². The van der Waals surface area contributed by atoms with Crippen LogP contribution in [0.3, 0.4) is 0 Å². The standard InChI is InChI=1S/C16H33N4O2S/c1-5-19(6-2)11-12-20(7-3)10-9-18-16(22)14-23-13-8-15(21)17-4/h8H,5-7,9-14H2,1-4H3,(H,17,21)(H,18,22). The third-order valence-electron chi connectivity index (χ3n) is 3.69. The number of thioether (sulfide) groups is 1. The molecule has 0 atom stereocenters. The van der Waals surface area contributed by atoms with Crippen molar-refractivity contribution >= 4 is 23.6 Å². The van der Waals surface area contributed by atoms with Crippen molar-refractivity contribution < 1.29 is 9.59 Å². The maximum atomic E-state index is 11.7. The van der Waals surface area contributed by atoms with Crippen LogP contribution < -0.4 is 10.6 Å². The van der Waals surface area contributed by atoms with E-state index in [0.717, 1.165) is 39.3 Å². The van der Waals surface area contributed by atoms with Crippen LogP contribution >= 0.6 is 11.8 Å². The summed E-state index contributed by atoms with van der Waals surface area (Å²) >= 11 is 1.44. The summed E-state index contributed by atoms with van der Waals surface area (Å²) in [5.41, 5.74) is 0. The lowest BCUT2D eigenvalue weighted by atomic mass is 10.4. The van der Waals surface area contributed by atoms with Gasteiger partial charge in [0.2, 0.25) is 11.8 Å². The molecule has 1 radical (unpaired) electrons. The van der Waals surface area contributed by atoms with Crippen LogP contribution in [0.4, 0.5) is 0 Å². The molecule has 0 aromatic heterocycles. The second kappa shape index (κ2) is 14.8. The van der Waals surface area contributed by atoms with Crippen molar-refractivity contribution in [1.82, 2.24) is 20.4 Å². The van der Waals surface area contributed by atoms with Crippen LogP contribution in [0.2, 0.25) is 0 Å². The molecule has 0 rings (SSSR count). The number of carbonyl (C=O) groups is 2. The Kier molecular flexibility index (Phi) is 14.3. The molecule has 0 aliphatic carbocycles. The fourth-order valence-electron chi connectivity index (χ4n) is 2.04. The van der Waals surface area contributed by atoms with Gasteiger partial charge in [0, 0.05) is 39.0 Å². The van der Waals surface area contributed by atoms with Crippen molar-refractivity contribution in [3.8, 4) is 0 Å². The monoisotopic (exact) mass is 345 g/mol. The molecule has 0 fully saturated rings. The molecule has 135 valence electrons. The first-order chi connectivity index (χ1) is 11.1. The Hall–Kier alpha value is -0.790. The number of nitrogens with zero attached hydrogens (tertiary/aromatic N) is 2. The predicted molar refractivity (Wildman–Crippen MR) is 98.6 cm³/mol. The highest BCUT2D eigenvalue weighted by atomic mass is 32.2. The number of amides is 2. The Balaban J connectivity index is 3.72. The first-order valence-corrected chi connectivity index (χ1v) is 9.56. The van der Waals surface area contributed by atoms with E-state index in [4.69, 9.17) is 0 Å². The zero-order valence-corrected chi connectivity index (χ0v) is 15.9. The van der Waals surface area contributed by atoms with Gasteiger partial charge in [0.15, 0.2) is 0 Å². The van der Waals surface area contributed by atoms with E-state index in [1.165, 1.54) is 11.8 Å². The molecular weight excluding hydrogens is 312 g/mol. The molecule has 0 unspecified atom stereocenters. The van der Waals surface area contributed by atoms with Crippen molar-refractivity contribution in [2.45, 2.75) is 20.8 Å². The van der Waals surface area contributed by atoms with E-state index >= 15 is 0 Å². The maximum absolute atomic E-state index is 11.7. The van der Waals surface area contributed by atoms with Gasteiger partial charge in [-0.2, -0.15) is 11.8 Å². The molecule has 0 aliphatic rings. The molecule has 2 N–H and O–H groups in total. The molecule has 2 amide bonds. The van der Waals surface area contributed by atoms with Crippen LogP contribution in [0, 0.1) is 6.42 Å². The van der Waals surface area contributed by atoms with Crippen LogP contribution in [0.15, 0.2) is 0 Å². The summed E-state index contributed by atoms with van der Waals surface area (Å²) in [6.07, 6.45) is 1.55. The van der Waals surface area contributed by atoms with Crippen LogP contribution in [-0.2, 0) is 9.59 Å². The lowest BCUT2D eigenvalue weighted by molar-refractivity contribution is -0.119. The Morgan fingerprint density at radius 3 is 2.17 bits per heavy atom. The van der Waals surface area contributed by atoms with Crippen molar-refractivity contribution in [2.75, 3.05) is 64.4 Å². The molecule has 6 nitrogen and oxygen atoms in total. The van der Waals surface area contributed by atoms with Crippen molar-refractivity contribution in [3.05, 3.63) is 6.42 Å². The molecule has 0 bridgehead atoms. The third kappa shape index (κ3) is 12.3. The second-order valence-corrected chi connectivity index (χ2v) is 6.17. The van der Waals surface area contributed by atoms with Crippen molar-refractivity contribution in [3.63, 3.8) is 0 Å². The molecule has 0 aromatic carbocycles. The third-order valence-corrected chi connectivity index (χ3v) is 4.56. The lowest BCUT2D eigenvalue weighted by Gasteiger charge is -2.25. The summed E-state index contributed by atoms with van der Waals surface area (Å²) in [4.78, 5) is 27.5. The van der Waals surface area contributed by atoms with Crippen LogP contribution in [0.5, 0.6) is 0 Å². The number of carbonyl (C=O) groups excluding carboxylic acids is 2. The Morgan fingerprint density at radius 2 is 1.61 bits per heavy atom. The maximum Gasteiger partial charge on any atom is 0.230 e. The first-order valence-electron chi connectivity index (χ1n) is 8.41. The highest BCUT2D eigenvalue weighted by molar-refractivity contribution is 8.00. The lowest BCUT2D eigenvalue weighted by Crippen LogP contribution is -2.39. The van der Waals surface area contributed by atoms with E-state index in [0.29, 0.717) is 18.1 Å². The summed E-state index contributed by atoms with van der Waals surface area (Å²) in [7, 11) is 1.59. The molecule has 23 heavy (non-hydrogen) atoms. The number of hydrogen-bond donors (Lipinski definition) is 2. The normalized spacial score (nSPS) is 11.0. The molecule has 0 heterocycles. The average molecular weight is 346 g/mol. The van der Waals surface area contributed by atoms with Gasteiger partial charge in [-0.3, -0.25) is 9.59 Å². The zero-order valence-electron chi connectivity index (χ0n) is 15.1. The highest BCUT2D eigenvalue weighted by Gasteiger charge is 2.07. The first kappa shape index (κ1) is 22.2. The van der Waals surface area contributed by atoms with Gasteiger partial charge in [0.1, 0.15) is 0 Å². The minimum absolute atomic E-state index is 0.0279. The van der Waals surface area contributed by atoms with Crippen molar-refractivity contribution in [2.24, 2.45) is 0 Å². The van der Waals surface area contributed by atoms with E-state index in [-0.39, 0.29) is 11.8 Å². The summed E-state index contributed by atoms with van der Waals surface area (Å²) in [5, 5.41) is 5.45. The SMILES string of the molecule is CCN(CC)CCN(CC)CCNC(=O)CSC[CH]C(=O)NC. The van der Waals surface area contributed by atoms with E-state index in [1.54, 1.807) is 13.5 Å². The van der Waals surface area contributed by atoms with E-state index in [9.17, 15) is 9.59 Å². The highest BCUT2D eigenvalue weighted by Crippen LogP contribution is 2.00. The fraction of sp³-hybridized carbons (Fsp3) is 0.812. The molecule has 7 heteroatoms. The quantitative estimate of drug-likeness (QED) is 0.448. The summed E-state index contributed by atoms with van der Waals surface area (Å²) < 4.78 is 0. The van der Waals surface area contributed by atoms with Gasteiger partial charge in [-0.25, -0.2) is 0 Å². The van der Waals surface area contributed by atoms with E-state index in [1.807, 2.05) is 0 Å². The average Bonchev–Trinajstić information content (AvgIpc) is 2.57. The minimum atomic E-state index is -0.107. The van der Waals surface area contributed by atoms with Crippen molar-refractivity contribution in [1.29, 1.82) is 0 Å². The Morgan fingerprint density at radius 1 is 1.00 bits per heavy atom. The largest absolute Gasteiger partial charge is 0.359 e. The number of nitrogens with one attached hydrogen (secondary N) is 2. The van der Waals surface area contributed by atoms with E-state index in [2.05, 4.69) is 41.2 Å². The number of likely N-dealkylation sites (N-methyl/N-ethyl adjacent to an activating group) is 2. The van der Waals surface area contributed by atoms with Crippen LogP contribution in [0.1, 0.15) is 20.8 Å². The minimum Gasteiger partial charge on any atom is -0.359 e. The van der Waals surface area contributed by atoms with Crippen LogP contribution in [-0.4, -0.2) is 86.0 Å². The van der Waals surface area contributed by atoms with Gasteiger partial charge in [0.05, 0.1) is 12.2 Å². The summed E-state index contributed by atoms with van der Waals surface area (Å²) in [5.74, 6) is 0.863. The fourth-order valence-corrected chi connectivity index (χ4v) is 2.72. The second-order valence-electron chi connectivity index (χ2n) is 5.14. The molecule has 0 aliphatic heterocycles. The molecule has 0 saturated heterocycles. The number of hydrogen-bond acceptors (Lipinski definition) is 5. The predicted octanol–water partition coefficient (Wildman–Crippen LogP) is 0.450. The number of rotatable bonds is 14. The summed E-state index contributed by atoms with van der Waals surface area (Å²) in [6.45, 7) is 13.3. The van der Waals surface area contributed by atoms with Gasteiger partial charge < -0.3 is 20.4 Å². The van der Waals surface area contributed by atoms with Gasteiger partial charge in [0.25, 0.3) is 0 Å². The van der Waals surface area contributed by atoms with Crippen LogP contribution in [0.25, 0.3) is 0 Å². The molecular formula is C16H33N4O2S. The van der Waals surface area contributed by atoms with Gasteiger partial charge in [-0.05, 0) is 19.6 Å². The zero-order chi connectivity index (χ0) is 17.5. The Bertz CT molecular complexity index is 325.